The van der Waals surface area contributed by atoms with Crippen molar-refractivity contribution in [2.45, 2.75) is 19.4 Å². The second kappa shape index (κ2) is 5.56. The van der Waals surface area contributed by atoms with Crippen LogP contribution >= 0.6 is 11.3 Å². The number of benzene rings is 1. The Morgan fingerprint density at radius 3 is 2.75 bits per heavy atom. The van der Waals surface area contributed by atoms with E-state index in [1.165, 1.54) is 5.56 Å². The minimum Gasteiger partial charge on any atom is -0.418 e. The van der Waals surface area contributed by atoms with Crippen molar-refractivity contribution in [3.63, 3.8) is 0 Å². The highest BCUT2D eigenvalue weighted by Gasteiger charge is 2.18. The summed E-state index contributed by atoms with van der Waals surface area (Å²) in [5.74, 6) is 1.000. The Morgan fingerprint density at radius 1 is 1.20 bits per heavy atom. The van der Waals surface area contributed by atoms with Gasteiger partial charge < -0.3 is 10.2 Å². The first-order chi connectivity index (χ1) is 9.79. The van der Waals surface area contributed by atoms with Crippen molar-refractivity contribution in [1.82, 2.24) is 10.2 Å². The lowest BCUT2D eigenvalue weighted by Crippen LogP contribution is -2.11. The lowest BCUT2D eigenvalue weighted by molar-refractivity contribution is 0.484. The van der Waals surface area contributed by atoms with E-state index in [2.05, 4.69) is 23.2 Å². The van der Waals surface area contributed by atoms with E-state index in [1.807, 2.05) is 35.7 Å². The molecule has 0 aliphatic heterocycles. The third-order valence-electron chi connectivity index (χ3n) is 3.19. The summed E-state index contributed by atoms with van der Waals surface area (Å²) in [5.41, 5.74) is 8.34. The molecule has 0 saturated carbocycles. The number of nitrogens with zero attached hydrogens (tertiary/aromatic N) is 2. The first-order valence-corrected chi connectivity index (χ1v) is 7.38. The predicted molar refractivity (Wildman–Crippen MR) is 79.5 cm³/mol. The molecule has 3 rings (SSSR count). The molecule has 0 saturated heterocycles. The van der Waals surface area contributed by atoms with Crippen molar-refractivity contribution in [3.05, 3.63) is 58.8 Å². The molecule has 2 aromatic heterocycles. The topological polar surface area (TPSA) is 64.9 Å². The van der Waals surface area contributed by atoms with Crippen LogP contribution in [0.3, 0.4) is 0 Å². The van der Waals surface area contributed by atoms with E-state index < -0.39 is 0 Å². The molecule has 0 fully saturated rings. The molecule has 20 heavy (non-hydrogen) atoms. The molecule has 1 aromatic carbocycles. The maximum atomic E-state index is 6.16. The van der Waals surface area contributed by atoms with Gasteiger partial charge in [-0.15, -0.1) is 21.5 Å². The van der Waals surface area contributed by atoms with Crippen molar-refractivity contribution in [2.75, 3.05) is 0 Å². The minimum atomic E-state index is -0.387. The van der Waals surface area contributed by atoms with Crippen LogP contribution < -0.4 is 5.73 Å². The van der Waals surface area contributed by atoms with Crippen molar-refractivity contribution in [2.24, 2.45) is 5.73 Å². The van der Waals surface area contributed by atoms with Gasteiger partial charge in [0.05, 0.1) is 4.88 Å². The molecule has 2 heterocycles. The third-order valence-corrected chi connectivity index (χ3v) is 4.13. The Bertz CT molecular complexity index is 690. The first-order valence-electron chi connectivity index (χ1n) is 6.50. The fourth-order valence-corrected chi connectivity index (χ4v) is 2.97. The van der Waals surface area contributed by atoms with Gasteiger partial charge in [0, 0.05) is 0 Å². The molecule has 0 radical (unpaired) electrons. The molecule has 5 heteroatoms. The molecule has 0 bridgehead atoms. The van der Waals surface area contributed by atoms with Crippen molar-refractivity contribution in [1.29, 1.82) is 0 Å². The Morgan fingerprint density at radius 2 is 2.00 bits per heavy atom. The van der Waals surface area contributed by atoms with Gasteiger partial charge in [-0.1, -0.05) is 37.3 Å². The van der Waals surface area contributed by atoms with Crippen molar-refractivity contribution in [3.8, 4) is 10.8 Å². The Kier molecular flexibility index (Phi) is 3.62. The Hall–Kier alpha value is -1.98. The molecule has 102 valence electrons. The lowest BCUT2D eigenvalue weighted by atomic mass is 10.1. The summed E-state index contributed by atoms with van der Waals surface area (Å²) in [6.45, 7) is 2.11. The van der Waals surface area contributed by atoms with Crippen LogP contribution in [0.25, 0.3) is 10.8 Å². The maximum absolute atomic E-state index is 6.16. The van der Waals surface area contributed by atoms with E-state index >= 15 is 0 Å². The monoisotopic (exact) mass is 285 g/mol. The van der Waals surface area contributed by atoms with E-state index in [4.69, 9.17) is 10.2 Å². The van der Waals surface area contributed by atoms with Crippen LogP contribution in [0.15, 0.2) is 46.2 Å². The first kappa shape index (κ1) is 13.0. The van der Waals surface area contributed by atoms with Gasteiger partial charge in [0.2, 0.25) is 5.89 Å². The number of thiophene rings is 1. The highest BCUT2D eigenvalue weighted by molar-refractivity contribution is 7.13. The molecule has 4 nitrogen and oxygen atoms in total. The zero-order chi connectivity index (χ0) is 13.9. The summed E-state index contributed by atoms with van der Waals surface area (Å²) in [6.07, 6.45) is 0.946. The van der Waals surface area contributed by atoms with Crippen LogP contribution in [0.2, 0.25) is 0 Å². The standard InChI is InChI=1S/C15H15N3OS/c1-2-10-8-9-20-13(10)15-18-17-14(19-15)12(16)11-6-4-3-5-7-11/h3-9,12H,2,16H2,1H3. The number of nitrogens with two attached hydrogens (primary N) is 1. The van der Waals surface area contributed by atoms with Crippen LogP contribution in [-0.4, -0.2) is 10.2 Å². The second-order valence-electron chi connectivity index (χ2n) is 4.46. The quantitative estimate of drug-likeness (QED) is 0.797. The molecule has 0 aliphatic rings. The smallest absolute Gasteiger partial charge is 0.258 e. The second-order valence-corrected chi connectivity index (χ2v) is 5.38. The fourth-order valence-electron chi connectivity index (χ4n) is 2.06. The summed E-state index contributed by atoms with van der Waals surface area (Å²) in [6, 6.07) is 11.5. The highest BCUT2D eigenvalue weighted by Crippen LogP contribution is 2.30. The third kappa shape index (κ3) is 2.37. The highest BCUT2D eigenvalue weighted by atomic mass is 32.1. The molecule has 1 atom stereocenters. The van der Waals surface area contributed by atoms with E-state index in [9.17, 15) is 0 Å². The molecule has 0 amide bonds. The van der Waals surface area contributed by atoms with Crippen LogP contribution in [0.5, 0.6) is 0 Å². The van der Waals surface area contributed by atoms with Gasteiger partial charge in [0.1, 0.15) is 6.04 Å². The van der Waals surface area contributed by atoms with E-state index in [1.54, 1.807) is 11.3 Å². The van der Waals surface area contributed by atoms with Crippen LogP contribution in [0, 0.1) is 0 Å². The number of hydrogen-bond acceptors (Lipinski definition) is 5. The maximum Gasteiger partial charge on any atom is 0.258 e. The molecule has 0 aliphatic carbocycles. The molecule has 3 aromatic rings. The van der Waals surface area contributed by atoms with Crippen molar-refractivity contribution < 1.29 is 4.42 Å². The van der Waals surface area contributed by atoms with Gasteiger partial charge >= 0.3 is 0 Å². The SMILES string of the molecule is CCc1ccsc1-c1nnc(C(N)c2ccccc2)o1. The average Bonchev–Trinajstić information content (AvgIpc) is 3.15. The zero-order valence-electron chi connectivity index (χ0n) is 11.1. The average molecular weight is 285 g/mol. The summed E-state index contributed by atoms with van der Waals surface area (Å²) in [7, 11) is 0. The Labute approximate surface area is 121 Å². The van der Waals surface area contributed by atoms with Gasteiger partial charge in [-0.2, -0.15) is 0 Å². The minimum absolute atomic E-state index is 0.387. The summed E-state index contributed by atoms with van der Waals surface area (Å²) in [5, 5.41) is 10.3. The van der Waals surface area contributed by atoms with Gasteiger partial charge in [0.25, 0.3) is 5.89 Å². The largest absolute Gasteiger partial charge is 0.418 e. The van der Waals surface area contributed by atoms with Crippen LogP contribution in [0.1, 0.15) is 30.0 Å². The summed E-state index contributed by atoms with van der Waals surface area (Å²) >= 11 is 1.61. The fraction of sp³-hybridized carbons (Fsp3) is 0.200. The number of hydrogen-bond donors (Lipinski definition) is 1. The normalized spacial score (nSPS) is 12.5. The van der Waals surface area contributed by atoms with Crippen molar-refractivity contribution >= 4 is 11.3 Å². The molecular weight excluding hydrogens is 270 g/mol. The van der Waals surface area contributed by atoms with E-state index in [0.29, 0.717) is 11.8 Å². The Balaban J connectivity index is 1.91. The lowest BCUT2D eigenvalue weighted by Gasteiger charge is -2.06. The molecule has 0 spiro atoms. The predicted octanol–water partition coefficient (Wildman–Crippen LogP) is 3.41. The zero-order valence-corrected chi connectivity index (χ0v) is 11.9. The number of aryl methyl sites for hydroxylation is 1. The van der Waals surface area contributed by atoms with Gasteiger partial charge in [-0.3, -0.25) is 0 Å². The van der Waals surface area contributed by atoms with Gasteiger partial charge in [-0.05, 0) is 29.0 Å². The van der Waals surface area contributed by atoms with Crippen LogP contribution in [-0.2, 0) is 6.42 Å². The summed E-state index contributed by atoms with van der Waals surface area (Å²) < 4.78 is 5.75. The number of rotatable bonds is 4. The van der Waals surface area contributed by atoms with Gasteiger partial charge in [0.15, 0.2) is 0 Å². The van der Waals surface area contributed by atoms with E-state index in [-0.39, 0.29) is 6.04 Å². The molecule has 1 unspecified atom stereocenters. The summed E-state index contributed by atoms with van der Waals surface area (Å²) in [4.78, 5) is 1.03. The number of aromatic nitrogens is 2. The molecule has 2 N–H and O–H groups in total. The van der Waals surface area contributed by atoms with Crippen LogP contribution in [0.4, 0.5) is 0 Å². The molecular formula is C15H15N3OS. The van der Waals surface area contributed by atoms with Gasteiger partial charge in [-0.25, -0.2) is 0 Å². The van der Waals surface area contributed by atoms with E-state index in [0.717, 1.165) is 16.9 Å².